The number of para-hydroxylation sites is 1. The smallest absolute Gasteiger partial charge is 0.233 e. The van der Waals surface area contributed by atoms with Crippen LogP contribution < -0.4 is 10.2 Å². The lowest BCUT2D eigenvalue weighted by Gasteiger charge is -2.19. The maximum atomic E-state index is 11.5. The van der Waals surface area contributed by atoms with Crippen LogP contribution in [0.5, 0.6) is 0 Å². The molecule has 1 unspecified atom stereocenters. The average molecular weight is 313 g/mol. The Morgan fingerprint density at radius 2 is 2.06 bits per heavy atom. The summed E-state index contributed by atoms with van der Waals surface area (Å²) in [6, 6.07) is 10.3. The van der Waals surface area contributed by atoms with E-state index in [1.807, 2.05) is 25.1 Å². The third-order valence-electron chi connectivity index (χ3n) is 2.81. The molecule has 0 bridgehead atoms. The lowest BCUT2D eigenvalue weighted by Crippen LogP contribution is -2.33. The van der Waals surface area contributed by atoms with Crippen LogP contribution in [-0.2, 0) is 4.79 Å². The highest BCUT2D eigenvalue weighted by Gasteiger charge is 2.10. The Morgan fingerprint density at radius 1 is 1.39 bits per heavy atom. The highest BCUT2D eigenvalue weighted by Crippen LogP contribution is 2.10. The van der Waals surface area contributed by atoms with Gasteiger partial charge in [0.2, 0.25) is 5.91 Å². The van der Waals surface area contributed by atoms with E-state index in [9.17, 15) is 4.79 Å². The van der Waals surface area contributed by atoms with Crippen molar-refractivity contribution in [2.45, 2.75) is 24.6 Å². The summed E-state index contributed by atoms with van der Waals surface area (Å²) < 4.78 is 0. The minimum atomic E-state index is -0.0654. The van der Waals surface area contributed by atoms with Crippen LogP contribution in [0.15, 0.2) is 30.3 Å². The number of rotatable bonds is 7. The van der Waals surface area contributed by atoms with Gasteiger partial charge >= 0.3 is 0 Å². The van der Waals surface area contributed by atoms with Crippen LogP contribution in [-0.4, -0.2) is 30.9 Å². The maximum Gasteiger partial charge on any atom is 0.233 e. The van der Waals surface area contributed by atoms with Crippen LogP contribution in [0.1, 0.15) is 19.8 Å². The number of carbonyl (C=O) groups is 1. The molecule has 1 amide bonds. The Balaban J connectivity index is 2.20. The number of alkyl halides is 1. The van der Waals surface area contributed by atoms with Gasteiger partial charge in [-0.05, 0) is 25.0 Å². The monoisotopic (exact) mass is 312 g/mol. The average Bonchev–Trinajstić information content (AvgIpc) is 2.43. The SMILES string of the molecule is CCC(Br)C(=O)NCCCN(C)c1ccccc1. The van der Waals surface area contributed by atoms with Crippen molar-refractivity contribution in [1.29, 1.82) is 0 Å². The zero-order valence-corrected chi connectivity index (χ0v) is 12.6. The lowest BCUT2D eigenvalue weighted by molar-refractivity contribution is -0.120. The van der Waals surface area contributed by atoms with Gasteiger partial charge in [-0.1, -0.05) is 41.1 Å². The summed E-state index contributed by atoms with van der Waals surface area (Å²) in [5.41, 5.74) is 1.20. The molecule has 0 radical (unpaired) electrons. The zero-order valence-electron chi connectivity index (χ0n) is 11.0. The van der Waals surface area contributed by atoms with Crippen LogP contribution in [0.2, 0.25) is 0 Å². The Hall–Kier alpha value is -1.03. The van der Waals surface area contributed by atoms with Gasteiger partial charge in [-0.25, -0.2) is 0 Å². The molecule has 3 nitrogen and oxygen atoms in total. The molecular weight excluding hydrogens is 292 g/mol. The van der Waals surface area contributed by atoms with Crippen molar-refractivity contribution >= 4 is 27.5 Å². The Morgan fingerprint density at radius 3 is 2.67 bits per heavy atom. The molecule has 0 heterocycles. The molecule has 1 aromatic carbocycles. The minimum Gasteiger partial charge on any atom is -0.375 e. The van der Waals surface area contributed by atoms with Gasteiger partial charge in [0.25, 0.3) is 0 Å². The number of nitrogens with one attached hydrogen (secondary N) is 1. The molecule has 0 fully saturated rings. The highest BCUT2D eigenvalue weighted by atomic mass is 79.9. The molecule has 1 N–H and O–H groups in total. The molecule has 0 saturated carbocycles. The quantitative estimate of drug-likeness (QED) is 0.620. The molecule has 1 rings (SSSR count). The van der Waals surface area contributed by atoms with Gasteiger partial charge in [-0.3, -0.25) is 4.79 Å². The standard InChI is InChI=1S/C14H21BrN2O/c1-3-13(15)14(18)16-10-7-11-17(2)12-8-5-4-6-9-12/h4-6,8-9,13H,3,7,10-11H2,1-2H3,(H,16,18). The largest absolute Gasteiger partial charge is 0.375 e. The molecule has 1 aromatic rings. The van der Waals surface area contributed by atoms with Gasteiger partial charge in [-0.15, -0.1) is 0 Å². The molecule has 4 heteroatoms. The first-order chi connectivity index (χ1) is 8.65. The summed E-state index contributed by atoms with van der Waals surface area (Å²) in [4.78, 5) is 13.6. The van der Waals surface area contributed by atoms with E-state index < -0.39 is 0 Å². The van der Waals surface area contributed by atoms with Crippen molar-refractivity contribution in [3.8, 4) is 0 Å². The van der Waals surface area contributed by atoms with E-state index in [2.05, 4.69) is 45.3 Å². The van der Waals surface area contributed by atoms with Crippen molar-refractivity contribution in [3.63, 3.8) is 0 Å². The van der Waals surface area contributed by atoms with E-state index in [0.717, 1.165) is 25.9 Å². The van der Waals surface area contributed by atoms with Crippen molar-refractivity contribution in [1.82, 2.24) is 5.32 Å². The number of nitrogens with zero attached hydrogens (tertiary/aromatic N) is 1. The fourth-order valence-corrected chi connectivity index (χ4v) is 1.80. The van der Waals surface area contributed by atoms with E-state index in [1.165, 1.54) is 5.69 Å². The number of hydrogen-bond acceptors (Lipinski definition) is 2. The number of anilines is 1. The fourth-order valence-electron chi connectivity index (χ4n) is 1.64. The van der Waals surface area contributed by atoms with Crippen LogP contribution in [0, 0.1) is 0 Å². The predicted molar refractivity (Wildman–Crippen MR) is 80.3 cm³/mol. The van der Waals surface area contributed by atoms with E-state index in [-0.39, 0.29) is 10.7 Å². The van der Waals surface area contributed by atoms with Crippen LogP contribution >= 0.6 is 15.9 Å². The molecule has 100 valence electrons. The predicted octanol–water partition coefficient (Wildman–Crippen LogP) is 2.80. The minimum absolute atomic E-state index is 0.0654. The van der Waals surface area contributed by atoms with E-state index in [0.29, 0.717) is 0 Å². The Labute approximate surface area is 118 Å². The zero-order chi connectivity index (χ0) is 13.4. The second-order valence-corrected chi connectivity index (χ2v) is 5.38. The second-order valence-electron chi connectivity index (χ2n) is 4.28. The van der Waals surface area contributed by atoms with Gasteiger partial charge in [0.15, 0.2) is 0 Å². The molecule has 1 atom stereocenters. The summed E-state index contributed by atoms with van der Waals surface area (Å²) in [6.07, 6.45) is 1.76. The molecule has 0 aliphatic rings. The first-order valence-electron chi connectivity index (χ1n) is 6.33. The fraction of sp³-hybridized carbons (Fsp3) is 0.500. The van der Waals surface area contributed by atoms with E-state index >= 15 is 0 Å². The molecule has 0 aliphatic heterocycles. The van der Waals surface area contributed by atoms with Gasteiger partial charge in [0, 0.05) is 25.8 Å². The Bertz CT molecular complexity index is 356. The summed E-state index contributed by atoms with van der Waals surface area (Å²) in [5.74, 6) is 0.0832. The molecule has 0 spiro atoms. The highest BCUT2D eigenvalue weighted by molar-refractivity contribution is 9.10. The maximum absolute atomic E-state index is 11.5. The summed E-state index contributed by atoms with van der Waals surface area (Å²) >= 11 is 3.34. The third-order valence-corrected chi connectivity index (χ3v) is 3.87. The number of hydrogen-bond donors (Lipinski definition) is 1. The molecule has 0 saturated heterocycles. The molecule has 0 aliphatic carbocycles. The van der Waals surface area contributed by atoms with Gasteiger partial charge in [-0.2, -0.15) is 0 Å². The van der Waals surface area contributed by atoms with E-state index in [4.69, 9.17) is 0 Å². The lowest BCUT2D eigenvalue weighted by atomic mass is 10.3. The van der Waals surface area contributed by atoms with Crippen LogP contribution in [0.4, 0.5) is 5.69 Å². The number of halogens is 1. The molecular formula is C14H21BrN2O. The normalized spacial score (nSPS) is 11.9. The summed E-state index contributed by atoms with van der Waals surface area (Å²) in [7, 11) is 2.07. The number of carbonyl (C=O) groups excluding carboxylic acids is 1. The van der Waals surface area contributed by atoms with Gasteiger partial charge in [0.1, 0.15) is 0 Å². The van der Waals surface area contributed by atoms with Crippen LogP contribution in [0.3, 0.4) is 0 Å². The van der Waals surface area contributed by atoms with Crippen LogP contribution in [0.25, 0.3) is 0 Å². The molecule has 18 heavy (non-hydrogen) atoms. The molecule has 0 aromatic heterocycles. The summed E-state index contributed by atoms with van der Waals surface area (Å²) in [5, 5.41) is 2.93. The van der Waals surface area contributed by atoms with Gasteiger partial charge in [0.05, 0.1) is 4.83 Å². The first kappa shape index (κ1) is 15.0. The van der Waals surface area contributed by atoms with Gasteiger partial charge < -0.3 is 10.2 Å². The third kappa shape index (κ3) is 5.08. The second kappa shape index (κ2) is 8.14. The summed E-state index contributed by atoms with van der Waals surface area (Å²) in [6.45, 7) is 3.64. The Kier molecular flexibility index (Phi) is 6.80. The van der Waals surface area contributed by atoms with Crippen molar-refractivity contribution < 1.29 is 4.79 Å². The topological polar surface area (TPSA) is 32.3 Å². The van der Waals surface area contributed by atoms with Crippen molar-refractivity contribution in [2.24, 2.45) is 0 Å². The number of amides is 1. The van der Waals surface area contributed by atoms with Crippen molar-refractivity contribution in [2.75, 3.05) is 25.0 Å². The van der Waals surface area contributed by atoms with Crippen molar-refractivity contribution in [3.05, 3.63) is 30.3 Å². The number of benzene rings is 1. The van der Waals surface area contributed by atoms with E-state index in [1.54, 1.807) is 0 Å². The first-order valence-corrected chi connectivity index (χ1v) is 7.24.